The van der Waals surface area contributed by atoms with Gasteiger partial charge in [-0.15, -0.1) is 11.3 Å². The van der Waals surface area contributed by atoms with E-state index >= 15 is 0 Å². The van der Waals surface area contributed by atoms with Gasteiger partial charge in [-0.1, -0.05) is 0 Å². The fourth-order valence-electron chi connectivity index (χ4n) is 1.25. The summed E-state index contributed by atoms with van der Waals surface area (Å²) >= 11 is 1.18. The lowest BCUT2D eigenvalue weighted by atomic mass is 10.2. The molecule has 1 amide bonds. The van der Waals surface area contributed by atoms with Gasteiger partial charge in [0.1, 0.15) is 5.69 Å². The first-order valence-corrected chi connectivity index (χ1v) is 4.88. The van der Waals surface area contributed by atoms with Crippen LogP contribution < -0.4 is 5.73 Å². The Balaban J connectivity index is 2.72. The Hall–Kier alpha value is -1.95. The van der Waals surface area contributed by atoms with Gasteiger partial charge in [0.2, 0.25) is 0 Å². The zero-order chi connectivity index (χ0) is 11.0. The quantitative estimate of drug-likeness (QED) is 0.795. The number of hydrogen-bond acceptors (Lipinski definition) is 4. The van der Waals surface area contributed by atoms with Crippen LogP contribution in [0.3, 0.4) is 0 Å². The van der Waals surface area contributed by atoms with Gasteiger partial charge in [0, 0.05) is 22.3 Å². The number of carboxylic acids is 1. The van der Waals surface area contributed by atoms with E-state index in [1.54, 1.807) is 5.38 Å². The Morgan fingerprint density at radius 2 is 2.20 bits per heavy atom. The summed E-state index contributed by atoms with van der Waals surface area (Å²) in [5.74, 6) is -1.68. The maximum Gasteiger partial charge on any atom is 0.354 e. The van der Waals surface area contributed by atoms with Crippen molar-refractivity contribution in [1.82, 2.24) is 4.98 Å². The highest BCUT2D eigenvalue weighted by Crippen LogP contribution is 2.25. The Kier molecular flexibility index (Phi) is 2.12. The minimum atomic E-state index is -1.13. The molecule has 0 spiro atoms. The number of nitrogens with two attached hydrogens (primary N) is 1. The van der Waals surface area contributed by atoms with Crippen LogP contribution in [0.2, 0.25) is 0 Å². The van der Waals surface area contributed by atoms with E-state index in [0.29, 0.717) is 10.3 Å². The summed E-state index contributed by atoms with van der Waals surface area (Å²) in [6.07, 6.45) is 1.42. The third-order valence-electron chi connectivity index (χ3n) is 1.93. The predicted octanol–water partition coefficient (Wildman–Crippen LogP) is 1.09. The first kappa shape index (κ1) is 9.60. The van der Waals surface area contributed by atoms with Crippen LogP contribution in [0, 0.1) is 0 Å². The van der Waals surface area contributed by atoms with Gasteiger partial charge in [0.25, 0.3) is 5.91 Å². The van der Waals surface area contributed by atoms with Crippen LogP contribution in [-0.2, 0) is 0 Å². The third kappa shape index (κ3) is 1.55. The maximum atomic E-state index is 11.0. The topological polar surface area (TPSA) is 93.3 Å². The Bertz CT molecular complexity index is 561. The molecule has 0 atom stereocenters. The fraction of sp³-hybridized carbons (Fsp3) is 0. The number of fused-ring (bicyclic) bond motifs is 1. The second kappa shape index (κ2) is 3.32. The second-order valence-electron chi connectivity index (χ2n) is 2.89. The van der Waals surface area contributed by atoms with Crippen molar-refractivity contribution >= 4 is 34.0 Å². The van der Waals surface area contributed by atoms with Crippen molar-refractivity contribution < 1.29 is 14.7 Å². The number of aromatic carboxylic acids is 1. The first-order chi connectivity index (χ1) is 7.09. The number of pyridine rings is 1. The first-order valence-electron chi connectivity index (χ1n) is 4.00. The van der Waals surface area contributed by atoms with Gasteiger partial charge in [-0.2, -0.15) is 0 Å². The molecule has 15 heavy (non-hydrogen) atoms. The van der Waals surface area contributed by atoms with Crippen molar-refractivity contribution in [3.63, 3.8) is 0 Å². The number of carbonyl (C=O) groups is 2. The number of thiophene rings is 1. The lowest BCUT2D eigenvalue weighted by molar-refractivity contribution is 0.0690. The van der Waals surface area contributed by atoms with Crippen LogP contribution in [0.15, 0.2) is 17.6 Å². The molecule has 0 fully saturated rings. The summed E-state index contributed by atoms with van der Waals surface area (Å²) in [7, 11) is 0. The minimum absolute atomic E-state index is 0.0941. The van der Waals surface area contributed by atoms with Gasteiger partial charge in [0.05, 0.1) is 4.88 Å². The summed E-state index contributed by atoms with van der Waals surface area (Å²) in [5.41, 5.74) is 5.06. The van der Waals surface area contributed by atoms with Crippen molar-refractivity contribution in [2.75, 3.05) is 0 Å². The van der Waals surface area contributed by atoms with Crippen molar-refractivity contribution in [1.29, 1.82) is 0 Å². The zero-order valence-electron chi connectivity index (χ0n) is 7.43. The van der Waals surface area contributed by atoms with Crippen molar-refractivity contribution in [3.8, 4) is 0 Å². The average Bonchev–Trinajstić information content (AvgIpc) is 2.59. The molecule has 6 heteroatoms. The molecule has 2 aromatic rings. The van der Waals surface area contributed by atoms with Crippen molar-refractivity contribution in [3.05, 3.63) is 28.2 Å². The summed E-state index contributed by atoms with van der Waals surface area (Å²) in [4.78, 5) is 25.8. The smallest absolute Gasteiger partial charge is 0.354 e. The second-order valence-corrected chi connectivity index (χ2v) is 3.77. The summed E-state index contributed by atoms with van der Waals surface area (Å²) in [6.45, 7) is 0. The molecular formula is C9H6N2O3S. The van der Waals surface area contributed by atoms with Crippen LogP contribution >= 0.6 is 11.3 Å². The molecule has 0 unspecified atom stereocenters. The molecular weight excluding hydrogens is 216 g/mol. The number of rotatable bonds is 2. The van der Waals surface area contributed by atoms with Crippen LogP contribution in [0.1, 0.15) is 20.2 Å². The molecule has 2 heterocycles. The average molecular weight is 222 g/mol. The molecule has 2 rings (SSSR count). The highest BCUT2D eigenvalue weighted by Gasteiger charge is 2.12. The molecule has 0 aliphatic heterocycles. The standard InChI is InChI=1S/C9H6N2O3S/c10-8(12)7-5-1-6(9(13)14)11-2-4(5)3-15-7/h1-3H,(H2,10,12)(H,13,14). The third-order valence-corrected chi connectivity index (χ3v) is 2.95. The van der Waals surface area contributed by atoms with E-state index < -0.39 is 11.9 Å². The molecule has 2 aromatic heterocycles. The Morgan fingerprint density at radius 3 is 2.80 bits per heavy atom. The molecule has 0 aliphatic rings. The van der Waals surface area contributed by atoms with E-state index in [0.717, 1.165) is 5.39 Å². The van der Waals surface area contributed by atoms with Gasteiger partial charge < -0.3 is 10.8 Å². The van der Waals surface area contributed by atoms with Gasteiger partial charge in [0.15, 0.2) is 0 Å². The Morgan fingerprint density at radius 1 is 1.47 bits per heavy atom. The van der Waals surface area contributed by atoms with Gasteiger partial charge >= 0.3 is 5.97 Å². The monoisotopic (exact) mass is 222 g/mol. The van der Waals surface area contributed by atoms with E-state index in [-0.39, 0.29) is 5.69 Å². The number of carbonyl (C=O) groups excluding carboxylic acids is 1. The number of carboxylic acid groups (broad SMARTS) is 1. The highest BCUT2D eigenvalue weighted by atomic mass is 32.1. The zero-order valence-corrected chi connectivity index (χ0v) is 8.25. The Labute approximate surface area is 88.2 Å². The predicted molar refractivity (Wildman–Crippen MR) is 55.1 cm³/mol. The molecule has 0 aromatic carbocycles. The number of primary amides is 1. The van der Waals surface area contributed by atoms with Gasteiger partial charge in [-0.25, -0.2) is 9.78 Å². The molecule has 0 saturated heterocycles. The number of aromatic nitrogens is 1. The number of amides is 1. The SMILES string of the molecule is NC(=O)c1scc2cnc(C(=O)O)cc12. The van der Waals surface area contributed by atoms with Crippen LogP contribution in [0.25, 0.3) is 10.8 Å². The maximum absolute atomic E-state index is 11.0. The normalized spacial score (nSPS) is 10.4. The number of hydrogen-bond donors (Lipinski definition) is 2. The van der Waals surface area contributed by atoms with E-state index in [4.69, 9.17) is 10.8 Å². The van der Waals surface area contributed by atoms with Crippen molar-refractivity contribution in [2.45, 2.75) is 0 Å². The van der Waals surface area contributed by atoms with Crippen LogP contribution in [0.5, 0.6) is 0 Å². The van der Waals surface area contributed by atoms with E-state index in [2.05, 4.69) is 4.98 Å². The van der Waals surface area contributed by atoms with Crippen LogP contribution in [0.4, 0.5) is 0 Å². The van der Waals surface area contributed by atoms with Gasteiger partial charge in [-0.05, 0) is 6.07 Å². The lowest BCUT2D eigenvalue weighted by Crippen LogP contribution is -2.09. The number of nitrogens with zero attached hydrogens (tertiary/aromatic N) is 1. The van der Waals surface area contributed by atoms with E-state index in [1.165, 1.54) is 23.6 Å². The van der Waals surface area contributed by atoms with E-state index in [9.17, 15) is 9.59 Å². The molecule has 0 aliphatic carbocycles. The summed E-state index contributed by atoms with van der Waals surface area (Å²) < 4.78 is 0. The lowest BCUT2D eigenvalue weighted by Gasteiger charge is -1.95. The van der Waals surface area contributed by atoms with Crippen molar-refractivity contribution in [2.24, 2.45) is 5.73 Å². The van der Waals surface area contributed by atoms with E-state index in [1.807, 2.05) is 0 Å². The molecule has 3 N–H and O–H groups in total. The highest BCUT2D eigenvalue weighted by molar-refractivity contribution is 7.13. The molecule has 76 valence electrons. The molecule has 0 bridgehead atoms. The minimum Gasteiger partial charge on any atom is -0.477 e. The van der Waals surface area contributed by atoms with Gasteiger partial charge in [-0.3, -0.25) is 4.79 Å². The largest absolute Gasteiger partial charge is 0.477 e. The fourth-order valence-corrected chi connectivity index (χ4v) is 2.10. The summed E-state index contributed by atoms with van der Waals surface area (Å²) in [6, 6.07) is 1.36. The summed E-state index contributed by atoms with van der Waals surface area (Å²) in [5, 5.41) is 11.7. The molecule has 0 radical (unpaired) electrons. The molecule has 0 saturated carbocycles. The molecule has 5 nitrogen and oxygen atoms in total. The van der Waals surface area contributed by atoms with Crippen LogP contribution in [-0.4, -0.2) is 22.0 Å².